The number of anilines is 1. The molecule has 5 nitrogen and oxygen atoms in total. The van der Waals surface area contributed by atoms with Gasteiger partial charge in [-0.25, -0.2) is 0 Å². The molecule has 2 aromatic rings. The molecule has 0 atom stereocenters. The summed E-state index contributed by atoms with van der Waals surface area (Å²) in [7, 11) is 1.86. The summed E-state index contributed by atoms with van der Waals surface area (Å²) in [6, 6.07) is 3.85. The van der Waals surface area contributed by atoms with Crippen molar-refractivity contribution < 1.29 is 9.59 Å². The highest BCUT2D eigenvalue weighted by atomic mass is 16.2. The third-order valence-corrected chi connectivity index (χ3v) is 3.91. The maximum Gasteiger partial charge on any atom is 0.299 e. The highest BCUT2D eigenvalue weighted by Crippen LogP contribution is 2.34. The SMILES string of the molecule is Cc1ccc(C)c2c1C(=O)C(=O)N2CCc1cnn(C)c1. The lowest BCUT2D eigenvalue weighted by atomic mass is 10.0. The van der Waals surface area contributed by atoms with Crippen LogP contribution in [0, 0.1) is 13.8 Å². The molecule has 2 heterocycles. The molecule has 0 radical (unpaired) electrons. The molecule has 1 aromatic carbocycles. The Hall–Kier alpha value is -2.43. The Bertz CT molecular complexity index is 746. The lowest BCUT2D eigenvalue weighted by Crippen LogP contribution is -2.32. The first-order valence-corrected chi connectivity index (χ1v) is 6.93. The van der Waals surface area contributed by atoms with Crippen molar-refractivity contribution in [3.8, 4) is 0 Å². The second-order valence-corrected chi connectivity index (χ2v) is 5.48. The lowest BCUT2D eigenvalue weighted by molar-refractivity contribution is -0.114. The Morgan fingerprint density at radius 3 is 2.52 bits per heavy atom. The maximum absolute atomic E-state index is 12.2. The molecule has 1 aliphatic rings. The van der Waals surface area contributed by atoms with Gasteiger partial charge in [-0.05, 0) is 37.0 Å². The van der Waals surface area contributed by atoms with Gasteiger partial charge in [0.15, 0.2) is 0 Å². The summed E-state index contributed by atoms with van der Waals surface area (Å²) in [5.74, 6) is -0.816. The van der Waals surface area contributed by atoms with E-state index in [1.54, 1.807) is 15.8 Å². The second kappa shape index (κ2) is 4.84. The van der Waals surface area contributed by atoms with Gasteiger partial charge < -0.3 is 4.90 Å². The van der Waals surface area contributed by atoms with Crippen LogP contribution in [0.15, 0.2) is 24.5 Å². The molecule has 1 amide bonds. The van der Waals surface area contributed by atoms with E-state index >= 15 is 0 Å². The van der Waals surface area contributed by atoms with E-state index in [1.807, 2.05) is 39.2 Å². The van der Waals surface area contributed by atoms with Gasteiger partial charge >= 0.3 is 0 Å². The topological polar surface area (TPSA) is 55.2 Å². The molecule has 0 unspecified atom stereocenters. The van der Waals surface area contributed by atoms with Gasteiger partial charge in [0.1, 0.15) is 0 Å². The number of hydrogen-bond acceptors (Lipinski definition) is 3. The summed E-state index contributed by atoms with van der Waals surface area (Å²) in [5, 5.41) is 4.12. The van der Waals surface area contributed by atoms with Crippen LogP contribution in [0.25, 0.3) is 0 Å². The summed E-state index contributed by atoms with van der Waals surface area (Å²) in [6.07, 6.45) is 4.39. The maximum atomic E-state index is 12.2. The molecule has 0 N–H and O–H groups in total. The van der Waals surface area contributed by atoms with E-state index in [2.05, 4.69) is 5.10 Å². The number of nitrogens with zero attached hydrogens (tertiary/aromatic N) is 3. The predicted molar refractivity (Wildman–Crippen MR) is 79.5 cm³/mol. The average molecular weight is 283 g/mol. The van der Waals surface area contributed by atoms with E-state index in [4.69, 9.17) is 0 Å². The van der Waals surface area contributed by atoms with E-state index < -0.39 is 11.7 Å². The monoisotopic (exact) mass is 283 g/mol. The quantitative estimate of drug-likeness (QED) is 0.807. The summed E-state index contributed by atoms with van der Waals surface area (Å²) >= 11 is 0. The van der Waals surface area contributed by atoms with Gasteiger partial charge in [-0.2, -0.15) is 5.10 Å². The van der Waals surface area contributed by atoms with Crippen LogP contribution in [0.3, 0.4) is 0 Å². The van der Waals surface area contributed by atoms with Gasteiger partial charge in [0.25, 0.3) is 11.7 Å². The molecule has 5 heteroatoms. The van der Waals surface area contributed by atoms with Crippen LogP contribution in [-0.4, -0.2) is 28.0 Å². The lowest BCUT2D eigenvalue weighted by Gasteiger charge is -2.18. The molecule has 0 fully saturated rings. The van der Waals surface area contributed by atoms with Crippen molar-refractivity contribution in [2.24, 2.45) is 7.05 Å². The minimum absolute atomic E-state index is 0.391. The number of carbonyl (C=O) groups excluding carboxylic acids is 2. The second-order valence-electron chi connectivity index (χ2n) is 5.48. The fourth-order valence-corrected chi connectivity index (χ4v) is 2.82. The van der Waals surface area contributed by atoms with Gasteiger partial charge in [0.2, 0.25) is 0 Å². The van der Waals surface area contributed by atoms with Gasteiger partial charge in [-0.3, -0.25) is 14.3 Å². The molecule has 0 bridgehead atoms. The van der Waals surface area contributed by atoms with Crippen molar-refractivity contribution in [3.63, 3.8) is 0 Å². The van der Waals surface area contributed by atoms with Crippen LogP contribution in [-0.2, 0) is 18.3 Å². The number of benzene rings is 1. The molecule has 108 valence electrons. The normalized spacial score (nSPS) is 14.0. The first-order valence-electron chi connectivity index (χ1n) is 6.93. The zero-order valence-corrected chi connectivity index (χ0v) is 12.4. The van der Waals surface area contributed by atoms with E-state index in [1.165, 1.54) is 0 Å². The Balaban J connectivity index is 1.92. The highest BCUT2D eigenvalue weighted by Gasteiger charge is 2.37. The summed E-state index contributed by atoms with van der Waals surface area (Å²) in [6.45, 7) is 4.29. The fraction of sp³-hybridized carbons (Fsp3) is 0.312. The van der Waals surface area contributed by atoms with Crippen molar-refractivity contribution in [1.29, 1.82) is 0 Å². The largest absolute Gasteiger partial charge is 0.304 e. The van der Waals surface area contributed by atoms with Crippen molar-refractivity contribution in [2.45, 2.75) is 20.3 Å². The molecule has 0 saturated carbocycles. The van der Waals surface area contributed by atoms with Crippen molar-refractivity contribution in [3.05, 3.63) is 46.8 Å². The van der Waals surface area contributed by atoms with E-state index in [0.29, 0.717) is 18.5 Å². The highest BCUT2D eigenvalue weighted by molar-refractivity contribution is 6.52. The van der Waals surface area contributed by atoms with Gasteiger partial charge in [-0.1, -0.05) is 12.1 Å². The molecular weight excluding hydrogens is 266 g/mol. The third kappa shape index (κ3) is 2.14. The smallest absolute Gasteiger partial charge is 0.299 e. The van der Waals surface area contributed by atoms with Crippen LogP contribution in [0.4, 0.5) is 5.69 Å². The number of rotatable bonds is 3. The van der Waals surface area contributed by atoms with Crippen molar-refractivity contribution >= 4 is 17.4 Å². The molecular formula is C16H17N3O2. The Morgan fingerprint density at radius 1 is 1.14 bits per heavy atom. The number of carbonyl (C=O) groups is 2. The average Bonchev–Trinajstić information content (AvgIpc) is 2.97. The van der Waals surface area contributed by atoms with Crippen LogP contribution >= 0.6 is 0 Å². The number of amides is 1. The first kappa shape index (κ1) is 13.5. The molecule has 0 spiro atoms. The van der Waals surface area contributed by atoms with E-state index in [-0.39, 0.29) is 0 Å². The summed E-state index contributed by atoms with van der Waals surface area (Å²) in [5.41, 5.74) is 4.20. The standard InChI is InChI=1S/C16H17N3O2/c1-10-4-5-11(2)14-13(10)15(20)16(21)19(14)7-6-12-8-17-18(3)9-12/h4-5,8-9H,6-7H2,1-3H3. The summed E-state index contributed by atoms with van der Waals surface area (Å²) in [4.78, 5) is 26.0. The van der Waals surface area contributed by atoms with Crippen LogP contribution in [0.1, 0.15) is 27.0 Å². The Kier molecular flexibility index (Phi) is 3.12. The molecule has 21 heavy (non-hydrogen) atoms. The van der Waals surface area contributed by atoms with Gasteiger partial charge in [0.05, 0.1) is 17.4 Å². The predicted octanol–water partition coefficient (Wildman–Crippen LogP) is 1.81. The van der Waals surface area contributed by atoms with Crippen molar-refractivity contribution in [1.82, 2.24) is 9.78 Å². The van der Waals surface area contributed by atoms with Crippen LogP contribution in [0.5, 0.6) is 0 Å². The van der Waals surface area contributed by atoms with Crippen LogP contribution in [0.2, 0.25) is 0 Å². The molecule has 1 aliphatic heterocycles. The first-order chi connectivity index (χ1) is 9.99. The number of ketones is 1. The van der Waals surface area contributed by atoms with Crippen LogP contribution < -0.4 is 4.90 Å². The van der Waals surface area contributed by atoms with Crippen molar-refractivity contribution in [2.75, 3.05) is 11.4 Å². The van der Waals surface area contributed by atoms with E-state index in [9.17, 15) is 9.59 Å². The number of aryl methyl sites for hydroxylation is 3. The zero-order chi connectivity index (χ0) is 15.1. The minimum Gasteiger partial charge on any atom is -0.304 e. The number of Topliss-reactive ketones (excluding diaryl/α,β-unsaturated/α-hetero) is 1. The Labute approximate surface area is 123 Å². The molecule has 0 saturated heterocycles. The fourth-order valence-electron chi connectivity index (χ4n) is 2.82. The Morgan fingerprint density at radius 2 is 1.86 bits per heavy atom. The van der Waals surface area contributed by atoms with Gasteiger partial charge in [-0.15, -0.1) is 0 Å². The third-order valence-electron chi connectivity index (χ3n) is 3.91. The van der Waals surface area contributed by atoms with Gasteiger partial charge in [0, 0.05) is 19.8 Å². The number of fused-ring (bicyclic) bond motifs is 1. The molecule has 0 aliphatic carbocycles. The minimum atomic E-state index is -0.425. The number of aromatic nitrogens is 2. The molecule has 1 aromatic heterocycles. The number of hydrogen-bond donors (Lipinski definition) is 0. The van der Waals surface area contributed by atoms with E-state index in [0.717, 1.165) is 22.4 Å². The molecule has 3 rings (SSSR count). The summed E-state index contributed by atoms with van der Waals surface area (Å²) < 4.78 is 1.73. The zero-order valence-electron chi connectivity index (χ0n) is 12.4.